The SMILES string of the molecule is CC(C)(C)OC(=O)N[C@@H](Cc1c[nH]c2ccccc12)C(=O)Nc1cccc(-c2csc(SCC(=O)NC3CCN(Cc4ccc(Cl)c(Cl)c4)CC3)n2)c1. The topological polar surface area (TPSA) is 128 Å². The molecule has 3 aromatic carbocycles. The van der Waals surface area contributed by atoms with Gasteiger partial charge >= 0.3 is 6.09 Å². The zero-order valence-electron chi connectivity index (χ0n) is 29.7. The molecule has 0 spiro atoms. The van der Waals surface area contributed by atoms with E-state index in [1.54, 1.807) is 26.8 Å². The normalized spacial score (nSPS) is 14.5. The minimum Gasteiger partial charge on any atom is -0.444 e. The van der Waals surface area contributed by atoms with Gasteiger partial charge in [-0.05, 0) is 75.1 Å². The van der Waals surface area contributed by atoms with E-state index in [1.165, 1.54) is 23.1 Å². The summed E-state index contributed by atoms with van der Waals surface area (Å²) in [6.07, 6.45) is 3.21. The maximum absolute atomic E-state index is 13.7. The number of hydrogen-bond donors (Lipinski definition) is 4. The fourth-order valence-corrected chi connectivity index (χ4v) is 8.12. The number of fused-ring (bicyclic) bond motifs is 1. The minimum atomic E-state index is -0.900. The number of likely N-dealkylation sites (tertiary alicyclic amines) is 1. The number of hydrogen-bond acceptors (Lipinski definition) is 8. The number of aromatic nitrogens is 2. The summed E-state index contributed by atoms with van der Waals surface area (Å²) in [6.45, 7) is 7.90. The van der Waals surface area contributed by atoms with E-state index in [0.717, 1.165) is 70.1 Å². The lowest BCUT2D eigenvalue weighted by atomic mass is 10.0. The molecule has 6 rings (SSSR count). The van der Waals surface area contributed by atoms with Crippen molar-refractivity contribution >= 4 is 80.8 Å². The Hall–Kier alpha value is -4.07. The molecule has 1 atom stereocenters. The summed E-state index contributed by atoms with van der Waals surface area (Å²) in [5.74, 6) is -0.118. The van der Waals surface area contributed by atoms with Crippen LogP contribution < -0.4 is 16.0 Å². The van der Waals surface area contributed by atoms with Crippen LogP contribution >= 0.6 is 46.3 Å². The summed E-state index contributed by atoms with van der Waals surface area (Å²) in [7, 11) is 0. The zero-order valence-corrected chi connectivity index (χ0v) is 32.9. The average molecular weight is 794 g/mol. The van der Waals surface area contributed by atoms with Crippen molar-refractivity contribution < 1.29 is 19.1 Å². The predicted molar refractivity (Wildman–Crippen MR) is 215 cm³/mol. The Bertz CT molecular complexity index is 2070. The van der Waals surface area contributed by atoms with E-state index in [1.807, 2.05) is 72.2 Å². The monoisotopic (exact) mass is 792 g/mol. The van der Waals surface area contributed by atoms with Crippen molar-refractivity contribution in [2.75, 3.05) is 24.2 Å². The van der Waals surface area contributed by atoms with Gasteiger partial charge in [-0.3, -0.25) is 14.5 Å². The standard InChI is InChI=1S/C39H42Cl2N6O4S2/c1-39(2,3)51-37(50)45-33(19-26-20-42-32-10-5-4-9-29(26)32)36(49)44-28-8-6-7-25(18-28)34-22-52-38(46-34)53-23-35(48)43-27-13-15-47(16-14-27)21-24-11-12-30(40)31(41)17-24/h4-12,17-18,20,22,27,33,42H,13-16,19,21,23H2,1-3H3,(H,43,48)(H,44,49)(H,45,50)/t33-/m0/s1. The summed E-state index contributed by atoms with van der Waals surface area (Å²) >= 11 is 15.1. The highest BCUT2D eigenvalue weighted by atomic mass is 35.5. The highest BCUT2D eigenvalue weighted by molar-refractivity contribution is 8.01. The van der Waals surface area contributed by atoms with Crippen LogP contribution in [0.3, 0.4) is 0 Å². The van der Waals surface area contributed by atoms with Gasteiger partial charge in [-0.25, -0.2) is 9.78 Å². The van der Waals surface area contributed by atoms with E-state index in [9.17, 15) is 14.4 Å². The van der Waals surface area contributed by atoms with Crippen LogP contribution in [0.25, 0.3) is 22.2 Å². The number of ether oxygens (including phenoxy) is 1. The Morgan fingerprint density at radius 3 is 2.60 bits per heavy atom. The number of aromatic amines is 1. The number of thioether (sulfide) groups is 1. The highest BCUT2D eigenvalue weighted by Gasteiger charge is 2.26. The van der Waals surface area contributed by atoms with Crippen molar-refractivity contribution in [1.29, 1.82) is 0 Å². The van der Waals surface area contributed by atoms with Crippen LogP contribution in [-0.4, -0.2) is 69.3 Å². The van der Waals surface area contributed by atoms with Crippen LogP contribution in [0.4, 0.5) is 10.5 Å². The molecule has 2 aromatic heterocycles. The van der Waals surface area contributed by atoms with Gasteiger partial charge in [-0.2, -0.15) is 0 Å². The molecule has 0 unspecified atom stereocenters. The fraction of sp³-hybridized carbons (Fsp3) is 0.333. The maximum atomic E-state index is 13.7. The molecule has 0 saturated carbocycles. The number of carbonyl (C=O) groups is 3. The lowest BCUT2D eigenvalue weighted by Crippen LogP contribution is -2.47. The first-order valence-electron chi connectivity index (χ1n) is 17.4. The number of piperidine rings is 1. The minimum absolute atomic E-state index is 0.0124. The lowest BCUT2D eigenvalue weighted by molar-refractivity contribution is -0.119. The first-order chi connectivity index (χ1) is 25.4. The van der Waals surface area contributed by atoms with Crippen LogP contribution in [0.15, 0.2) is 82.6 Å². The number of benzene rings is 3. The molecule has 4 N–H and O–H groups in total. The molecule has 3 heterocycles. The van der Waals surface area contributed by atoms with Gasteiger partial charge in [-0.15, -0.1) is 11.3 Å². The summed E-state index contributed by atoms with van der Waals surface area (Å²) < 4.78 is 6.25. The zero-order chi connectivity index (χ0) is 37.5. The molecule has 5 aromatic rings. The van der Waals surface area contributed by atoms with Gasteiger partial charge in [0.2, 0.25) is 11.8 Å². The van der Waals surface area contributed by atoms with Crippen molar-refractivity contribution in [3.63, 3.8) is 0 Å². The smallest absolute Gasteiger partial charge is 0.408 e. The largest absolute Gasteiger partial charge is 0.444 e. The molecule has 14 heteroatoms. The first kappa shape index (κ1) is 38.6. The predicted octanol–water partition coefficient (Wildman–Crippen LogP) is 8.55. The molecule has 1 saturated heterocycles. The maximum Gasteiger partial charge on any atom is 0.408 e. The number of nitrogens with one attached hydrogen (secondary N) is 4. The van der Waals surface area contributed by atoms with E-state index >= 15 is 0 Å². The molecule has 53 heavy (non-hydrogen) atoms. The second-order valence-electron chi connectivity index (χ2n) is 14.0. The first-order valence-corrected chi connectivity index (χ1v) is 20.0. The number of carbonyl (C=O) groups excluding carboxylic acids is 3. The van der Waals surface area contributed by atoms with E-state index in [2.05, 4.69) is 25.8 Å². The molecule has 1 aliphatic rings. The Balaban J connectivity index is 1.01. The quantitative estimate of drug-likeness (QED) is 0.0933. The van der Waals surface area contributed by atoms with Gasteiger partial charge in [0.25, 0.3) is 0 Å². The number of para-hydroxylation sites is 1. The van der Waals surface area contributed by atoms with Crippen LogP contribution in [0.1, 0.15) is 44.7 Å². The van der Waals surface area contributed by atoms with Crippen molar-refractivity contribution in [1.82, 2.24) is 25.5 Å². The molecule has 278 valence electrons. The summed E-state index contributed by atoms with van der Waals surface area (Å²) in [5.41, 5.74) is 4.36. The molecule has 0 bridgehead atoms. The van der Waals surface area contributed by atoms with Gasteiger partial charge in [0, 0.05) is 65.8 Å². The third-order valence-electron chi connectivity index (χ3n) is 8.69. The van der Waals surface area contributed by atoms with Crippen molar-refractivity contribution in [3.05, 3.63) is 99.5 Å². The molecule has 0 radical (unpaired) electrons. The van der Waals surface area contributed by atoms with Crippen LogP contribution in [0, 0.1) is 0 Å². The van der Waals surface area contributed by atoms with Crippen LogP contribution in [0.5, 0.6) is 0 Å². The Labute approximate surface area is 327 Å². The van der Waals surface area contributed by atoms with Crippen molar-refractivity contribution in [2.45, 2.75) is 68.6 Å². The highest BCUT2D eigenvalue weighted by Crippen LogP contribution is 2.30. The fourth-order valence-electron chi connectivity index (χ4n) is 6.15. The number of nitrogens with zero attached hydrogens (tertiary/aromatic N) is 2. The third-order valence-corrected chi connectivity index (χ3v) is 11.4. The van der Waals surface area contributed by atoms with E-state index in [4.69, 9.17) is 32.9 Å². The number of thiazole rings is 1. The Morgan fingerprint density at radius 1 is 1.04 bits per heavy atom. The average Bonchev–Trinajstić information content (AvgIpc) is 3.76. The van der Waals surface area contributed by atoms with E-state index in [-0.39, 0.29) is 30.0 Å². The van der Waals surface area contributed by atoms with E-state index in [0.29, 0.717) is 15.7 Å². The summed E-state index contributed by atoms with van der Waals surface area (Å²) in [6, 6.07) is 20.2. The number of H-pyrrole nitrogens is 1. The number of amides is 3. The molecule has 1 aliphatic heterocycles. The van der Waals surface area contributed by atoms with Crippen molar-refractivity contribution in [3.8, 4) is 11.3 Å². The number of anilines is 1. The lowest BCUT2D eigenvalue weighted by Gasteiger charge is -2.32. The second kappa shape index (κ2) is 17.4. The van der Waals surface area contributed by atoms with Crippen LogP contribution in [-0.2, 0) is 27.3 Å². The number of halogens is 2. The number of rotatable bonds is 12. The summed E-state index contributed by atoms with van der Waals surface area (Å²) in [5, 5.41) is 13.0. The second-order valence-corrected chi connectivity index (χ2v) is 16.9. The summed E-state index contributed by atoms with van der Waals surface area (Å²) in [4.78, 5) is 49.6. The van der Waals surface area contributed by atoms with E-state index < -0.39 is 17.7 Å². The van der Waals surface area contributed by atoms with Gasteiger partial charge < -0.3 is 25.7 Å². The van der Waals surface area contributed by atoms with Gasteiger partial charge in [0.15, 0.2) is 4.34 Å². The Kier molecular flexibility index (Phi) is 12.7. The van der Waals surface area contributed by atoms with Gasteiger partial charge in [0.1, 0.15) is 11.6 Å². The molecular formula is C39H42Cl2N6O4S2. The van der Waals surface area contributed by atoms with Gasteiger partial charge in [0.05, 0.1) is 21.5 Å². The molecule has 0 aliphatic carbocycles. The molecule has 1 fully saturated rings. The van der Waals surface area contributed by atoms with Gasteiger partial charge in [-0.1, -0.05) is 71.4 Å². The molecule has 10 nitrogen and oxygen atoms in total. The number of alkyl carbamates (subject to hydrolysis) is 1. The third kappa shape index (κ3) is 11.0. The molecular weight excluding hydrogens is 752 g/mol. The Morgan fingerprint density at radius 2 is 1.83 bits per heavy atom. The molecule has 3 amide bonds. The van der Waals surface area contributed by atoms with Crippen LogP contribution in [0.2, 0.25) is 10.0 Å². The van der Waals surface area contributed by atoms with Crippen molar-refractivity contribution in [2.24, 2.45) is 0 Å².